The number of rotatable bonds is 7. The summed E-state index contributed by atoms with van der Waals surface area (Å²) in [6.07, 6.45) is 5.34. The molecule has 0 saturated carbocycles. The summed E-state index contributed by atoms with van der Waals surface area (Å²) in [6, 6.07) is 0. The summed E-state index contributed by atoms with van der Waals surface area (Å²) in [5, 5.41) is 14.8. The number of guanidine groups is 1. The second-order valence-electron chi connectivity index (χ2n) is 3.69. The van der Waals surface area contributed by atoms with Crippen LogP contribution in [0.25, 0.3) is 0 Å². The van der Waals surface area contributed by atoms with E-state index in [1.54, 1.807) is 0 Å². The monoisotopic (exact) mass is 225 g/mol. The zero-order chi connectivity index (χ0) is 12.2. The van der Waals surface area contributed by atoms with Gasteiger partial charge < -0.3 is 15.5 Å². The Balaban J connectivity index is 3.97. The van der Waals surface area contributed by atoms with Crippen molar-refractivity contribution in [1.29, 1.82) is 5.26 Å². The molecule has 92 valence electrons. The smallest absolute Gasteiger partial charge is 0.209 e. The first kappa shape index (κ1) is 14.7. The van der Waals surface area contributed by atoms with Gasteiger partial charge in [-0.3, -0.25) is 0 Å². The van der Waals surface area contributed by atoms with Crippen LogP contribution in [0.4, 0.5) is 0 Å². The molecule has 0 bridgehead atoms. The maximum atomic E-state index is 8.59. The zero-order valence-corrected chi connectivity index (χ0v) is 10.6. The average molecular weight is 225 g/mol. The minimum atomic E-state index is 0.661. The molecular formula is C11H23N5. The standard InChI is InChI=1S/C11H23N5/c1-4-5-6-7-14-11(15-10-12)16(3)9-8-13-2/h13H,4-9H2,1-3H3,(H,14,15). The highest BCUT2D eigenvalue weighted by Gasteiger charge is 2.04. The molecule has 16 heavy (non-hydrogen) atoms. The van der Waals surface area contributed by atoms with Crippen LogP contribution in [0.3, 0.4) is 0 Å². The molecular weight excluding hydrogens is 202 g/mol. The molecule has 0 aliphatic heterocycles. The van der Waals surface area contributed by atoms with Gasteiger partial charge in [0.15, 0.2) is 0 Å². The topological polar surface area (TPSA) is 63.5 Å². The molecule has 0 radical (unpaired) electrons. The summed E-state index contributed by atoms with van der Waals surface area (Å²) in [6.45, 7) is 4.75. The van der Waals surface area contributed by atoms with Gasteiger partial charge in [-0.1, -0.05) is 19.8 Å². The minimum Gasteiger partial charge on any atom is -0.355 e. The van der Waals surface area contributed by atoms with Crippen LogP contribution in [0.2, 0.25) is 0 Å². The minimum absolute atomic E-state index is 0.661. The van der Waals surface area contributed by atoms with Crippen LogP contribution in [-0.2, 0) is 0 Å². The van der Waals surface area contributed by atoms with Crippen molar-refractivity contribution in [1.82, 2.24) is 15.5 Å². The molecule has 0 aliphatic rings. The third kappa shape index (κ3) is 7.07. The fraction of sp³-hybridized carbons (Fsp3) is 0.818. The van der Waals surface area contributed by atoms with Gasteiger partial charge in [0.25, 0.3) is 0 Å². The van der Waals surface area contributed by atoms with E-state index in [4.69, 9.17) is 5.26 Å². The predicted octanol–water partition coefficient (Wildman–Crippen LogP) is 0.754. The summed E-state index contributed by atoms with van der Waals surface area (Å²) in [5.74, 6) is 0.661. The van der Waals surface area contributed by atoms with Crippen molar-refractivity contribution in [3.8, 4) is 6.19 Å². The van der Waals surface area contributed by atoms with E-state index >= 15 is 0 Å². The molecule has 0 fully saturated rings. The van der Waals surface area contributed by atoms with Gasteiger partial charge in [0, 0.05) is 26.7 Å². The Labute approximate surface area is 98.5 Å². The van der Waals surface area contributed by atoms with E-state index < -0.39 is 0 Å². The van der Waals surface area contributed by atoms with Crippen LogP contribution < -0.4 is 10.6 Å². The fourth-order valence-corrected chi connectivity index (χ4v) is 1.27. The average Bonchev–Trinajstić information content (AvgIpc) is 2.30. The van der Waals surface area contributed by atoms with E-state index in [0.29, 0.717) is 5.96 Å². The summed E-state index contributed by atoms with van der Waals surface area (Å²) in [4.78, 5) is 5.73. The molecule has 0 aromatic carbocycles. The van der Waals surface area contributed by atoms with E-state index in [0.717, 1.165) is 26.1 Å². The molecule has 0 rings (SSSR count). The lowest BCUT2D eigenvalue weighted by Gasteiger charge is -2.21. The van der Waals surface area contributed by atoms with Crippen molar-refractivity contribution in [2.45, 2.75) is 26.2 Å². The van der Waals surface area contributed by atoms with Crippen LogP contribution in [0.5, 0.6) is 0 Å². The first-order valence-corrected chi connectivity index (χ1v) is 5.82. The fourth-order valence-electron chi connectivity index (χ4n) is 1.27. The van der Waals surface area contributed by atoms with Crippen molar-refractivity contribution in [3.63, 3.8) is 0 Å². The first-order valence-electron chi connectivity index (χ1n) is 5.82. The van der Waals surface area contributed by atoms with Crippen molar-refractivity contribution < 1.29 is 0 Å². The van der Waals surface area contributed by atoms with Gasteiger partial charge in [-0.05, 0) is 13.5 Å². The summed E-state index contributed by atoms with van der Waals surface area (Å²) in [7, 11) is 3.84. The normalized spacial score (nSPS) is 11.0. The lowest BCUT2D eigenvalue weighted by molar-refractivity contribution is 0.474. The van der Waals surface area contributed by atoms with E-state index in [2.05, 4.69) is 22.5 Å². The van der Waals surface area contributed by atoms with Crippen molar-refractivity contribution in [2.24, 2.45) is 4.99 Å². The van der Waals surface area contributed by atoms with Crippen molar-refractivity contribution in [2.75, 3.05) is 33.7 Å². The van der Waals surface area contributed by atoms with Gasteiger partial charge >= 0.3 is 0 Å². The predicted molar refractivity (Wildman–Crippen MR) is 67.1 cm³/mol. The van der Waals surface area contributed by atoms with Crippen molar-refractivity contribution in [3.05, 3.63) is 0 Å². The van der Waals surface area contributed by atoms with E-state index in [1.807, 2.05) is 25.2 Å². The Morgan fingerprint density at radius 3 is 2.69 bits per heavy atom. The maximum absolute atomic E-state index is 8.59. The number of hydrogen-bond donors (Lipinski definition) is 2. The number of aliphatic imine (C=N–C) groups is 1. The van der Waals surface area contributed by atoms with E-state index in [1.165, 1.54) is 12.8 Å². The number of nitrogens with zero attached hydrogens (tertiary/aromatic N) is 3. The van der Waals surface area contributed by atoms with Crippen LogP contribution in [0, 0.1) is 11.5 Å². The Kier molecular flexibility index (Phi) is 9.43. The largest absolute Gasteiger partial charge is 0.355 e. The van der Waals surface area contributed by atoms with E-state index in [9.17, 15) is 0 Å². The number of hydrogen-bond acceptors (Lipinski definition) is 3. The lowest BCUT2D eigenvalue weighted by atomic mass is 10.2. The summed E-state index contributed by atoms with van der Waals surface area (Å²) < 4.78 is 0. The Hall–Kier alpha value is -1.28. The molecule has 0 spiro atoms. The van der Waals surface area contributed by atoms with Crippen molar-refractivity contribution >= 4 is 5.96 Å². The molecule has 0 aliphatic carbocycles. The summed E-state index contributed by atoms with van der Waals surface area (Å²) >= 11 is 0. The Bertz CT molecular complexity index is 231. The maximum Gasteiger partial charge on any atom is 0.209 e. The quantitative estimate of drug-likeness (QED) is 0.290. The number of nitrogens with one attached hydrogen (secondary N) is 2. The third-order valence-electron chi connectivity index (χ3n) is 2.28. The van der Waals surface area contributed by atoms with Gasteiger partial charge in [0.05, 0.1) is 0 Å². The van der Waals surface area contributed by atoms with Gasteiger partial charge in [-0.25, -0.2) is 0 Å². The third-order valence-corrected chi connectivity index (χ3v) is 2.28. The highest BCUT2D eigenvalue weighted by atomic mass is 15.3. The van der Waals surface area contributed by atoms with Crippen LogP contribution in [0.15, 0.2) is 4.99 Å². The second-order valence-corrected chi connectivity index (χ2v) is 3.69. The molecule has 0 aromatic rings. The molecule has 0 heterocycles. The number of nitriles is 1. The summed E-state index contributed by atoms with van der Waals surface area (Å²) in [5.41, 5.74) is 0. The molecule has 5 heteroatoms. The van der Waals surface area contributed by atoms with Crippen LogP contribution >= 0.6 is 0 Å². The number of unbranched alkanes of at least 4 members (excludes halogenated alkanes) is 2. The second kappa shape index (κ2) is 10.2. The van der Waals surface area contributed by atoms with Gasteiger partial charge in [-0.15, -0.1) is 4.99 Å². The van der Waals surface area contributed by atoms with Crippen LogP contribution in [0.1, 0.15) is 26.2 Å². The SMILES string of the molecule is CCCCCN/C(=N/C#N)N(C)CCNC. The van der Waals surface area contributed by atoms with Gasteiger partial charge in [0.1, 0.15) is 0 Å². The molecule has 0 amide bonds. The molecule has 2 N–H and O–H groups in total. The lowest BCUT2D eigenvalue weighted by Crippen LogP contribution is -2.41. The zero-order valence-electron chi connectivity index (χ0n) is 10.6. The Morgan fingerprint density at radius 1 is 1.38 bits per heavy atom. The molecule has 0 aromatic heterocycles. The highest BCUT2D eigenvalue weighted by molar-refractivity contribution is 5.80. The van der Waals surface area contributed by atoms with Crippen LogP contribution in [-0.4, -0.2) is 44.6 Å². The molecule has 0 unspecified atom stereocenters. The molecule has 0 saturated heterocycles. The Morgan fingerprint density at radius 2 is 2.12 bits per heavy atom. The molecule has 5 nitrogen and oxygen atoms in total. The first-order chi connectivity index (χ1) is 7.76. The number of likely N-dealkylation sites (N-methyl/N-ethyl adjacent to an activating group) is 2. The highest BCUT2D eigenvalue weighted by Crippen LogP contribution is 1.92. The van der Waals surface area contributed by atoms with Gasteiger partial charge in [-0.2, -0.15) is 5.26 Å². The van der Waals surface area contributed by atoms with Gasteiger partial charge in [0.2, 0.25) is 12.2 Å². The van der Waals surface area contributed by atoms with E-state index in [-0.39, 0.29) is 0 Å². The molecule has 0 atom stereocenters.